The molecule has 1 unspecified atom stereocenters. The van der Waals surface area contributed by atoms with Gasteiger partial charge in [-0.25, -0.2) is 4.79 Å². The van der Waals surface area contributed by atoms with Gasteiger partial charge in [0.05, 0.1) is 0 Å². The number of alkyl halides is 2. The van der Waals surface area contributed by atoms with Crippen molar-refractivity contribution in [1.29, 1.82) is 0 Å². The number of aliphatic hydroxyl groups excluding tert-OH is 1. The van der Waals surface area contributed by atoms with Crippen molar-refractivity contribution in [3.05, 3.63) is 34.9 Å². The van der Waals surface area contributed by atoms with Gasteiger partial charge in [0, 0.05) is 11.2 Å². The van der Waals surface area contributed by atoms with Crippen molar-refractivity contribution in [2.45, 2.75) is 24.3 Å². The quantitative estimate of drug-likeness (QED) is 0.792. The lowest BCUT2D eigenvalue weighted by atomic mass is 9.99. The van der Waals surface area contributed by atoms with Gasteiger partial charge in [-0.2, -0.15) is 0 Å². The van der Waals surface area contributed by atoms with Gasteiger partial charge in [0.25, 0.3) is 0 Å². The molecule has 17 heavy (non-hydrogen) atoms. The van der Waals surface area contributed by atoms with E-state index in [2.05, 4.69) is 15.9 Å². The Labute approximate surface area is 114 Å². The number of aryl methyl sites for hydroxylation is 1. The normalized spacial score (nSPS) is 12.4. The van der Waals surface area contributed by atoms with Crippen LogP contribution in [-0.4, -0.2) is 22.1 Å². The number of halogens is 2. The maximum atomic E-state index is 10.7. The van der Waals surface area contributed by atoms with Crippen LogP contribution >= 0.6 is 27.5 Å². The topological polar surface area (TPSA) is 57.5 Å². The summed E-state index contributed by atoms with van der Waals surface area (Å²) < 4.78 is 0. The van der Waals surface area contributed by atoms with E-state index in [1.54, 1.807) is 12.1 Å². The van der Waals surface area contributed by atoms with Crippen molar-refractivity contribution in [2.24, 2.45) is 0 Å². The van der Waals surface area contributed by atoms with Crippen molar-refractivity contribution >= 4 is 33.5 Å². The molecule has 1 aromatic carbocycles. The van der Waals surface area contributed by atoms with Gasteiger partial charge in [-0.15, -0.1) is 11.6 Å². The van der Waals surface area contributed by atoms with E-state index in [1.165, 1.54) is 0 Å². The van der Waals surface area contributed by atoms with E-state index in [0.29, 0.717) is 16.8 Å². The maximum absolute atomic E-state index is 10.7. The van der Waals surface area contributed by atoms with Crippen molar-refractivity contribution in [3.63, 3.8) is 0 Å². The molecule has 0 saturated carbocycles. The summed E-state index contributed by atoms with van der Waals surface area (Å²) in [5.74, 6) is -0.673. The Balaban J connectivity index is 2.99. The van der Waals surface area contributed by atoms with Gasteiger partial charge in [0.2, 0.25) is 0 Å². The first-order valence-electron chi connectivity index (χ1n) is 5.24. The third-order valence-corrected chi connectivity index (χ3v) is 3.38. The predicted molar refractivity (Wildman–Crippen MR) is 70.7 cm³/mol. The van der Waals surface area contributed by atoms with Crippen LogP contribution in [0, 0.1) is 0 Å². The molecule has 0 bridgehead atoms. The monoisotopic (exact) mass is 320 g/mol. The van der Waals surface area contributed by atoms with Gasteiger partial charge in [-0.05, 0) is 29.5 Å². The summed E-state index contributed by atoms with van der Waals surface area (Å²) in [5.41, 5.74) is 2.53. The molecule has 0 aromatic heterocycles. The van der Waals surface area contributed by atoms with Crippen LogP contribution in [0.4, 0.5) is 0 Å². The van der Waals surface area contributed by atoms with Crippen LogP contribution in [0.3, 0.4) is 0 Å². The minimum atomic E-state index is -1.46. The molecule has 0 heterocycles. The number of hydrogen-bond acceptors (Lipinski definition) is 2. The minimum Gasteiger partial charge on any atom is -0.479 e. The van der Waals surface area contributed by atoms with E-state index < -0.39 is 12.1 Å². The molecule has 1 rings (SSSR count). The van der Waals surface area contributed by atoms with E-state index in [0.717, 1.165) is 24.0 Å². The number of aliphatic carboxylic acids is 1. The second kappa shape index (κ2) is 6.99. The summed E-state index contributed by atoms with van der Waals surface area (Å²) >= 11 is 9.02. The third-order valence-electron chi connectivity index (χ3n) is 2.50. The van der Waals surface area contributed by atoms with Crippen LogP contribution in [0.2, 0.25) is 0 Å². The number of carboxylic acids is 1. The number of rotatable bonds is 6. The highest BCUT2D eigenvalue weighted by Gasteiger charge is 2.16. The molecule has 5 heteroatoms. The third kappa shape index (κ3) is 3.98. The molecule has 94 valence electrons. The highest BCUT2D eigenvalue weighted by molar-refractivity contribution is 9.08. The molecule has 1 atom stereocenters. The first kappa shape index (κ1) is 14.5. The highest BCUT2D eigenvalue weighted by Crippen LogP contribution is 2.21. The molecular formula is C12H14BrClO3. The number of carboxylic acid groups (broad SMARTS) is 1. The van der Waals surface area contributed by atoms with Gasteiger partial charge in [0.15, 0.2) is 6.10 Å². The van der Waals surface area contributed by atoms with Crippen LogP contribution in [0.25, 0.3) is 0 Å². The summed E-state index contributed by atoms with van der Waals surface area (Å²) in [6.07, 6.45) is 0.146. The van der Waals surface area contributed by atoms with E-state index in [4.69, 9.17) is 16.7 Å². The predicted octanol–water partition coefficient (Wildman–Crippen LogP) is 2.87. The van der Waals surface area contributed by atoms with Crippen LogP contribution in [-0.2, 0) is 16.5 Å². The van der Waals surface area contributed by atoms with Crippen molar-refractivity contribution in [3.8, 4) is 0 Å². The Kier molecular flexibility index (Phi) is 5.95. The van der Waals surface area contributed by atoms with Crippen LogP contribution in [0.1, 0.15) is 29.2 Å². The smallest absolute Gasteiger partial charge is 0.337 e. The Bertz CT molecular complexity index is 395. The first-order chi connectivity index (χ1) is 8.10. The van der Waals surface area contributed by atoms with Crippen molar-refractivity contribution in [2.75, 3.05) is 5.88 Å². The lowest BCUT2D eigenvalue weighted by Crippen LogP contribution is -2.11. The molecule has 0 amide bonds. The minimum absolute atomic E-state index is 0.409. The molecule has 0 aliphatic heterocycles. The summed E-state index contributed by atoms with van der Waals surface area (Å²) in [6, 6.07) is 5.21. The highest BCUT2D eigenvalue weighted by atomic mass is 79.9. The van der Waals surface area contributed by atoms with Crippen molar-refractivity contribution in [1.82, 2.24) is 0 Å². The number of carbonyl (C=O) groups is 1. The van der Waals surface area contributed by atoms with E-state index in [1.807, 2.05) is 6.07 Å². The maximum Gasteiger partial charge on any atom is 0.337 e. The molecule has 0 saturated heterocycles. The van der Waals surface area contributed by atoms with Gasteiger partial charge < -0.3 is 10.2 Å². The number of benzene rings is 1. The fraction of sp³-hybridized carbons (Fsp3) is 0.417. The zero-order valence-electron chi connectivity index (χ0n) is 9.20. The standard InChI is InChI=1S/C12H14BrClO3/c13-7-10-4-3-9(11(15)12(16)17)6-8(10)2-1-5-14/h3-4,6,11,15H,1-2,5,7H2,(H,16,17). The second-order valence-electron chi connectivity index (χ2n) is 3.70. The Morgan fingerprint density at radius 1 is 1.41 bits per heavy atom. The molecule has 0 fully saturated rings. The fourth-order valence-corrected chi connectivity index (χ4v) is 2.26. The van der Waals surface area contributed by atoms with Crippen LogP contribution in [0.5, 0.6) is 0 Å². The molecule has 2 N–H and O–H groups in total. The molecular weight excluding hydrogens is 307 g/mol. The Morgan fingerprint density at radius 3 is 2.65 bits per heavy atom. The largest absolute Gasteiger partial charge is 0.479 e. The van der Waals surface area contributed by atoms with Crippen molar-refractivity contribution < 1.29 is 15.0 Å². The molecule has 0 spiro atoms. The van der Waals surface area contributed by atoms with Gasteiger partial charge in [0.1, 0.15) is 0 Å². The average molecular weight is 322 g/mol. The molecule has 0 aliphatic rings. The SMILES string of the molecule is O=C(O)C(O)c1ccc(CBr)c(CCCCl)c1. The van der Waals surface area contributed by atoms with E-state index >= 15 is 0 Å². The molecule has 0 aliphatic carbocycles. The van der Waals surface area contributed by atoms with Gasteiger partial charge >= 0.3 is 5.97 Å². The van der Waals surface area contributed by atoms with E-state index in [-0.39, 0.29) is 0 Å². The zero-order chi connectivity index (χ0) is 12.8. The molecule has 3 nitrogen and oxygen atoms in total. The summed E-state index contributed by atoms with van der Waals surface area (Å²) in [4.78, 5) is 10.7. The van der Waals surface area contributed by atoms with Crippen LogP contribution in [0.15, 0.2) is 18.2 Å². The van der Waals surface area contributed by atoms with Gasteiger partial charge in [-0.3, -0.25) is 0 Å². The van der Waals surface area contributed by atoms with E-state index in [9.17, 15) is 9.90 Å². The first-order valence-corrected chi connectivity index (χ1v) is 6.90. The zero-order valence-corrected chi connectivity index (χ0v) is 11.5. The lowest BCUT2D eigenvalue weighted by molar-refractivity contribution is -0.146. The number of aliphatic hydroxyl groups is 1. The Morgan fingerprint density at radius 2 is 2.12 bits per heavy atom. The Hall–Kier alpha value is -0.580. The summed E-state index contributed by atoms with van der Waals surface area (Å²) in [6.45, 7) is 0. The summed E-state index contributed by atoms with van der Waals surface area (Å²) in [7, 11) is 0. The number of hydrogen-bond donors (Lipinski definition) is 2. The lowest BCUT2D eigenvalue weighted by Gasteiger charge is -2.11. The van der Waals surface area contributed by atoms with Gasteiger partial charge in [-0.1, -0.05) is 34.1 Å². The fourth-order valence-electron chi connectivity index (χ4n) is 1.58. The second-order valence-corrected chi connectivity index (χ2v) is 4.63. The van der Waals surface area contributed by atoms with Crippen LogP contribution < -0.4 is 0 Å². The average Bonchev–Trinajstić information content (AvgIpc) is 2.34. The summed E-state index contributed by atoms with van der Waals surface area (Å²) in [5, 5.41) is 18.9. The molecule has 1 aromatic rings. The molecule has 0 radical (unpaired) electrons.